The topological polar surface area (TPSA) is 49.8 Å². The van der Waals surface area contributed by atoms with Crippen molar-refractivity contribution in [1.29, 1.82) is 0 Å². The molecule has 1 aliphatic carbocycles. The van der Waals surface area contributed by atoms with Gasteiger partial charge in [0.2, 0.25) is 0 Å². The lowest BCUT2D eigenvalue weighted by Gasteiger charge is -2.40. The lowest BCUT2D eigenvalue weighted by molar-refractivity contribution is -0.151. The molecule has 21 heavy (non-hydrogen) atoms. The van der Waals surface area contributed by atoms with Crippen molar-refractivity contribution < 1.29 is 14.6 Å². The fourth-order valence-electron chi connectivity index (χ4n) is 3.91. The summed E-state index contributed by atoms with van der Waals surface area (Å²) >= 11 is 2.39. The number of aliphatic hydroxyl groups is 1. The Morgan fingerprint density at radius 1 is 1.43 bits per heavy atom. The maximum Gasteiger partial charge on any atom is 0.323 e. The van der Waals surface area contributed by atoms with E-state index in [1.807, 2.05) is 18.2 Å². The van der Waals surface area contributed by atoms with Crippen LogP contribution in [-0.4, -0.2) is 45.2 Å². The van der Waals surface area contributed by atoms with Crippen LogP contribution < -0.4 is 0 Å². The van der Waals surface area contributed by atoms with Crippen molar-refractivity contribution in [3.05, 3.63) is 35.9 Å². The first-order chi connectivity index (χ1) is 10.1. The minimum absolute atomic E-state index is 0.0231. The Morgan fingerprint density at radius 3 is 2.71 bits per heavy atom. The predicted octanol–water partition coefficient (Wildman–Crippen LogP) is 2.16. The summed E-state index contributed by atoms with van der Waals surface area (Å²) in [5.74, 6) is -0.0111. The van der Waals surface area contributed by atoms with Crippen molar-refractivity contribution in [2.45, 2.75) is 41.5 Å². The first-order valence-corrected chi connectivity index (χ1v) is 8.53. The summed E-state index contributed by atoms with van der Waals surface area (Å²) in [5, 5.41) is 10.3. The summed E-state index contributed by atoms with van der Waals surface area (Å²) in [4.78, 5) is 14.4. The Labute approximate surface area is 138 Å². The van der Waals surface area contributed by atoms with E-state index in [-0.39, 0.29) is 40.0 Å². The maximum absolute atomic E-state index is 12.3. The summed E-state index contributed by atoms with van der Waals surface area (Å²) in [7, 11) is 1.44. The highest BCUT2D eigenvalue weighted by molar-refractivity contribution is 14.1. The second kappa shape index (κ2) is 5.85. The number of piperidine rings is 1. The van der Waals surface area contributed by atoms with Gasteiger partial charge in [0.05, 0.1) is 13.2 Å². The average Bonchev–Trinajstić information content (AvgIpc) is 2.95. The number of fused-ring (bicyclic) bond motifs is 2. The van der Waals surface area contributed by atoms with E-state index in [0.717, 1.165) is 5.56 Å². The quantitative estimate of drug-likeness (QED) is 0.479. The normalized spacial score (nSPS) is 36.7. The molecule has 1 saturated carbocycles. The van der Waals surface area contributed by atoms with Gasteiger partial charge in [0.25, 0.3) is 0 Å². The largest absolute Gasteiger partial charge is 0.468 e. The number of methoxy groups -OCH3 is 1. The Kier molecular flexibility index (Phi) is 4.25. The molecule has 1 aliphatic heterocycles. The zero-order valence-electron chi connectivity index (χ0n) is 12.1. The zero-order valence-corrected chi connectivity index (χ0v) is 14.3. The van der Waals surface area contributed by atoms with Crippen LogP contribution in [0.15, 0.2) is 30.3 Å². The van der Waals surface area contributed by atoms with Crippen LogP contribution in [0.1, 0.15) is 24.9 Å². The van der Waals surface area contributed by atoms with E-state index < -0.39 is 0 Å². The van der Waals surface area contributed by atoms with E-state index in [0.29, 0.717) is 6.42 Å². The van der Waals surface area contributed by atoms with Gasteiger partial charge in [-0.2, -0.15) is 0 Å². The minimum Gasteiger partial charge on any atom is -0.468 e. The molecule has 1 N–H and O–H groups in total. The molecule has 1 saturated heterocycles. The van der Waals surface area contributed by atoms with Gasteiger partial charge in [-0.05, 0) is 18.9 Å². The minimum atomic E-state index is -0.357. The molecule has 2 fully saturated rings. The van der Waals surface area contributed by atoms with E-state index in [2.05, 4.69) is 46.5 Å². The van der Waals surface area contributed by atoms with Crippen LogP contribution in [0.2, 0.25) is 0 Å². The predicted molar refractivity (Wildman–Crippen MR) is 88.2 cm³/mol. The molecule has 3 rings (SSSR count). The highest BCUT2D eigenvalue weighted by Gasteiger charge is 2.60. The second-order valence-corrected chi connectivity index (χ2v) is 7.34. The standard InChI is InChI=1S/C16H20INO3/c1-9(10-6-4-3-5-7-10)18-14(16(20)21-2)11-8-12(19)15(18)13(11)17/h3-7,9,11-15,19H,8H2,1-2H3/t9-,11-,12+,13+,14+,15+/m1/s1. The fraction of sp³-hybridized carbons (Fsp3) is 0.562. The van der Waals surface area contributed by atoms with Crippen molar-refractivity contribution in [1.82, 2.24) is 4.90 Å². The van der Waals surface area contributed by atoms with Crippen LogP contribution in [0.25, 0.3) is 0 Å². The number of benzene rings is 1. The van der Waals surface area contributed by atoms with Crippen molar-refractivity contribution in [3.8, 4) is 0 Å². The molecule has 6 atom stereocenters. The molecule has 0 spiro atoms. The number of halogens is 1. The molecule has 114 valence electrons. The smallest absolute Gasteiger partial charge is 0.323 e. The summed E-state index contributed by atoms with van der Waals surface area (Å²) in [6.07, 6.45) is 0.333. The monoisotopic (exact) mass is 401 g/mol. The van der Waals surface area contributed by atoms with E-state index >= 15 is 0 Å². The van der Waals surface area contributed by atoms with Gasteiger partial charge in [-0.15, -0.1) is 0 Å². The molecule has 0 unspecified atom stereocenters. The lowest BCUT2D eigenvalue weighted by atomic mass is 9.94. The van der Waals surface area contributed by atoms with Gasteiger partial charge in [-0.3, -0.25) is 9.69 Å². The Balaban J connectivity index is 1.95. The van der Waals surface area contributed by atoms with Gasteiger partial charge >= 0.3 is 5.97 Å². The highest BCUT2D eigenvalue weighted by Crippen LogP contribution is 2.50. The van der Waals surface area contributed by atoms with E-state index in [1.165, 1.54) is 7.11 Å². The van der Waals surface area contributed by atoms with Crippen LogP contribution in [0.4, 0.5) is 0 Å². The van der Waals surface area contributed by atoms with E-state index in [4.69, 9.17) is 4.74 Å². The van der Waals surface area contributed by atoms with Gasteiger partial charge in [-0.1, -0.05) is 52.9 Å². The number of likely N-dealkylation sites (tertiary alicyclic amines) is 1. The molecule has 5 heteroatoms. The fourth-order valence-corrected chi connectivity index (χ4v) is 5.44. The Bertz CT molecular complexity index is 524. The second-order valence-electron chi connectivity index (χ2n) is 5.90. The number of esters is 1. The molecule has 0 aromatic heterocycles. The third-order valence-electron chi connectivity index (χ3n) is 4.89. The van der Waals surface area contributed by atoms with E-state index in [1.54, 1.807) is 0 Å². The first-order valence-electron chi connectivity index (χ1n) is 7.28. The summed E-state index contributed by atoms with van der Waals surface area (Å²) in [6, 6.07) is 9.99. The average molecular weight is 401 g/mol. The number of nitrogens with zero attached hydrogens (tertiary/aromatic N) is 1. The molecule has 1 aromatic carbocycles. The SMILES string of the molecule is COC(=O)[C@@H]1[C@@H]2C[C@H](O)[C@@H]([C@H]2I)N1[C@H](C)c1ccccc1. The number of carbonyl (C=O) groups is 1. The third kappa shape index (κ3) is 2.39. The molecule has 4 nitrogen and oxygen atoms in total. The van der Waals surface area contributed by atoms with Crippen LogP contribution in [0, 0.1) is 5.92 Å². The highest BCUT2D eigenvalue weighted by atomic mass is 127. The van der Waals surface area contributed by atoms with Crippen molar-refractivity contribution >= 4 is 28.6 Å². The number of carbonyl (C=O) groups excluding carboxylic acids is 1. The van der Waals surface area contributed by atoms with E-state index in [9.17, 15) is 9.90 Å². The Hall–Kier alpha value is -0.660. The Morgan fingerprint density at radius 2 is 2.10 bits per heavy atom. The van der Waals surface area contributed by atoms with Crippen LogP contribution in [0.5, 0.6) is 0 Å². The first kappa shape index (κ1) is 15.2. The van der Waals surface area contributed by atoms with Gasteiger partial charge in [0.15, 0.2) is 0 Å². The number of rotatable bonds is 3. The number of hydrogen-bond acceptors (Lipinski definition) is 4. The molecular weight excluding hydrogens is 381 g/mol. The molecule has 0 radical (unpaired) electrons. The molecule has 1 aromatic rings. The maximum atomic E-state index is 12.3. The van der Waals surface area contributed by atoms with Gasteiger partial charge in [0.1, 0.15) is 6.04 Å². The summed E-state index contributed by atoms with van der Waals surface area (Å²) in [5.41, 5.74) is 1.16. The molecular formula is C16H20INO3. The number of aliphatic hydroxyl groups excluding tert-OH is 1. The zero-order chi connectivity index (χ0) is 15.1. The third-order valence-corrected chi connectivity index (χ3v) is 6.55. The van der Waals surface area contributed by atoms with Crippen molar-refractivity contribution in [3.63, 3.8) is 0 Å². The number of alkyl halides is 1. The van der Waals surface area contributed by atoms with Crippen LogP contribution in [-0.2, 0) is 9.53 Å². The summed E-state index contributed by atoms with van der Waals surface area (Å²) < 4.78 is 5.31. The van der Waals surface area contributed by atoms with Crippen molar-refractivity contribution in [2.24, 2.45) is 5.92 Å². The molecule has 1 heterocycles. The van der Waals surface area contributed by atoms with Crippen molar-refractivity contribution in [2.75, 3.05) is 7.11 Å². The van der Waals surface area contributed by atoms with Gasteiger partial charge < -0.3 is 9.84 Å². The summed E-state index contributed by atoms with van der Waals surface area (Å²) in [6.45, 7) is 2.10. The number of hydrogen-bond donors (Lipinski definition) is 1. The van der Waals surface area contributed by atoms with Crippen LogP contribution >= 0.6 is 22.6 Å². The van der Waals surface area contributed by atoms with Crippen LogP contribution in [0.3, 0.4) is 0 Å². The van der Waals surface area contributed by atoms with Gasteiger partial charge in [-0.25, -0.2) is 0 Å². The molecule has 2 aliphatic rings. The molecule has 2 bridgehead atoms. The number of ether oxygens (including phenoxy) is 1. The van der Waals surface area contributed by atoms with Gasteiger partial charge in [0, 0.05) is 21.9 Å². The molecule has 0 amide bonds. The lowest BCUT2D eigenvalue weighted by Crippen LogP contribution is -2.52.